The van der Waals surface area contributed by atoms with E-state index in [0.717, 1.165) is 17.0 Å². The molecule has 0 aliphatic carbocycles. The molecule has 0 spiro atoms. The summed E-state index contributed by atoms with van der Waals surface area (Å²) < 4.78 is 39.3. The summed E-state index contributed by atoms with van der Waals surface area (Å²) >= 11 is 0. The van der Waals surface area contributed by atoms with Crippen LogP contribution < -0.4 is 5.73 Å². The summed E-state index contributed by atoms with van der Waals surface area (Å²) in [6.07, 6.45) is 5.10. The van der Waals surface area contributed by atoms with Gasteiger partial charge < -0.3 is 5.73 Å². The number of hydrogen-bond acceptors (Lipinski definition) is 2. The number of nitrogens with two attached hydrogens (primary N) is 1. The first-order chi connectivity index (χ1) is 8.95. The van der Waals surface area contributed by atoms with Gasteiger partial charge in [0.1, 0.15) is 11.9 Å². The monoisotopic (exact) mass is 267 g/mol. The number of aliphatic imine (C=N–C) groups is 1. The number of benzene rings is 1. The van der Waals surface area contributed by atoms with Crippen LogP contribution in [0.2, 0.25) is 0 Å². The van der Waals surface area contributed by atoms with Crippen molar-refractivity contribution in [3.63, 3.8) is 0 Å². The maximum absolute atomic E-state index is 13.2. The van der Waals surface area contributed by atoms with Gasteiger partial charge in [-0.3, -0.25) is 4.90 Å². The van der Waals surface area contributed by atoms with E-state index in [9.17, 15) is 18.0 Å². The molecule has 1 atom stereocenters. The number of halogens is 3. The Balaban J connectivity index is 2.48. The highest BCUT2D eigenvalue weighted by molar-refractivity contribution is 6.03. The topological polar surface area (TPSA) is 58.7 Å². The first-order valence-corrected chi connectivity index (χ1v) is 5.18. The van der Waals surface area contributed by atoms with Crippen LogP contribution >= 0.6 is 0 Å². The largest absolute Gasteiger partial charge is 0.385 e. The SMILES string of the molecule is C#CCN1C(=O)N=C(N)C1c1cc(F)c(F)c(F)c1. The van der Waals surface area contributed by atoms with Gasteiger partial charge in [-0.15, -0.1) is 6.42 Å². The minimum atomic E-state index is -1.59. The summed E-state index contributed by atoms with van der Waals surface area (Å²) in [5.74, 6) is -2.27. The van der Waals surface area contributed by atoms with Gasteiger partial charge in [0.2, 0.25) is 0 Å². The Kier molecular flexibility index (Phi) is 3.17. The second-order valence-electron chi connectivity index (χ2n) is 3.85. The average molecular weight is 267 g/mol. The quantitative estimate of drug-likeness (QED) is 0.653. The van der Waals surface area contributed by atoms with E-state index < -0.39 is 29.5 Å². The van der Waals surface area contributed by atoms with Gasteiger partial charge >= 0.3 is 6.03 Å². The van der Waals surface area contributed by atoms with E-state index in [0.29, 0.717) is 0 Å². The third-order valence-electron chi connectivity index (χ3n) is 2.65. The van der Waals surface area contributed by atoms with Crippen LogP contribution in [0.25, 0.3) is 0 Å². The van der Waals surface area contributed by atoms with Crippen molar-refractivity contribution < 1.29 is 18.0 Å². The van der Waals surface area contributed by atoms with Gasteiger partial charge in [0, 0.05) is 0 Å². The number of rotatable bonds is 2. The highest BCUT2D eigenvalue weighted by Crippen LogP contribution is 2.28. The number of nitrogens with zero attached hydrogens (tertiary/aromatic N) is 2. The van der Waals surface area contributed by atoms with Gasteiger partial charge in [-0.1, -0.05) is 5.92 Å². The fourth-order valence-electron chi connectivity index (χ4n) is 1.85. The number of carbonyl (C=O) groups is 1. The molecule has 1 aliphatic heterocycles. The van der Waals surface area contributed by atoms with E-state index in [4.69, 9.17) is 12.2 Å². The molecule has 19 heavy (non-hydrogen) atoms. The van der Waals surface area contributed by atoms with Gasteiger partial charge in [0.15, 0.2) is 17.5 Å². The van der Waals surface area contributed by atoms with Crippen LogP contribution in [0.4, 0.5) is 18.0 Å². The molecule has 0 saturated carbocycles. The molecule has 0 radical (unpaired) electrons. The molecule has 1 heterocycles. The smallest absolute Gasteiger partial charge is 0.346 e. The van der Waals surface area contributed by atoms with Gasteiger partial charge in [-0.25, -0.2) is 18.0 Å². The minimum Gasteiger partial charge on any atom is -0.385 e. The van der Waals surface area contributed by atoms with Crippen LogP contribution in [0, 0.1) is 29.8 Å². The van der Waals surface area contributed by atoms with E-state index >= 15 is 0 Å². The van der Waals surface area contributed by atoms with Crippen LogP contribution in [0.15, 0.2) is 17.1 Å². The van der Waals surface area contributed by atoms with E-state index in [-0.39, 0.29) is 17.9 Å². The molecule has 0 aromatic heterocycles. The molecular weight excluding hydrogens is 259 g/mol. The summed E-state index contributed by atoms with van der Waals surface area (Å²) in [6.45, 7) is -0.131. The zero-order valence-corrected chi connectivity index (χ0v) is 9.53. The van der Waals surface area contributed by atoms with Crippen molar-refractivity contribution in [2.24, 2.45) is 10.7 Å². The molecule has 1 aromatic rings. The molecule has 1 aromatic carbocycles. The van der Waals surface area contributed by atoms with E-state index in [1.54, 1.807) is 0 Å². The second kappa shape index (κ2) is 4.65. The molecule has 0 fully saturated rings. The van der Waals surface area contributed by atoms with Crippen LogP contribution in [0.5, 0.6) is 0 Å². The normalized spacial score (nSPS) is 18.4. The maximum atomic E-state index is 13.2. The average Bonchev–Trinajstić information content (AvgIpc) is 2.61. The number of amides is 2. The lowest BCUT2D eigenvalue weighted by atomic mass is 10.0. The summed E-state index contributed by atoms with van der Waals surface area (Å²) in [5.41, 5.74) is 5.51. The molecule has 2 amide bonds. The molecule has 0 bridgehead atoms. The third kappa shape index (κ3) is 2.12. The van der Waals surface area contributed by atoms with Gasteiger partial charge in [0.25, 0.3) is 0 Å². The van der Waals surface area contributed by atoms with Crippen LogP contribution in [0.1, 0.15) is 11.6 Å². The molecule has 1 aliphatic rings. The summed E-state index contributed by atoms with van der Waals surface area (Å²) in [5, 5.41) is 0. The number of urea groups is 1. The minimum absolute atomic E-state index is 0.0289. The van der Waals surface area contributed by atoms with Gasteiger partial charge in [-0.2, -0.15) is 4.99 Å². The number of terminal acetylenes is 1. The molecule has 0 saturated heterocycles. The Hall–Kier alpha value is -2.49. The third-order valence-corrected chi connectivity index (χ3v) is 2.65. The molecular formula is C12H8F3N3O. The van der Waals surface area contributed by atoms with E-state index in [2.05, 4.69) is 10.9 Å². The lowest BCUT2D eigenvalue weighted by Gasteiger charge is -2.22. The summed E-state index contributed by atoms with van der Waals surface area (Å²) in [4.78, 5) is 16.0. The Labute approximate surface area is 106 Å². The zero-order valence-electron chi connectivity index (χ0n) is 9.53. The summed E-state index contributed by atoms with van der Waals surface area (Å²) in [7, 11) is 0. The lowest BCUT2D eigenvalue weighted by molar-refractivity contribution is 0.213. The van der Waals surface area contributed by atoms with Crippen molar-refractivity contribution in [1.29, 1.82) is 0 Å². The van der Waals surface area contributed by atoms with Crippen molar-refractivity contribution in [1.82, 2.24) is 4.90 Å². The molecule has 4 nitrogen and oxygen atoms in total. The fourth-order valence-corrected chi connectivity index (χ4v) is 1.85. The van der Waals surface area contributed by atoms with Crippen molar-refractivity contribution in [3.05, 3.63) is 35.1 Å². The Morgan fingerprint density at radius 3 is 2.47 bits per heavy atom. The van der Waals surface area contributed by atoms with Crippen LogP contribution in [-0.2, 0) is 0 Å². The molecule has 7 heteroatoms. The lowest BCUT2D eigenvalue weighted by Crippen LogP contribution is -2.33. The van der Waals surface area contributed by atoms with E-state index in [1.165, 1.54) is 0 Å². The van der Waals surface area contributed by atoms with Crippen molar-refractivity contribution in [3.8, 4) is 12.3 Å². The predicted molar refractivity (Wildman–Crippen MR) is 61.6 cm³/mol. The number of amidine groups is 1. The fraction of sp³-hybridized carbons (Fsp3) is 0.167. The standard InChI is InChI=1S/C12H8F3N3O/c1-2-3-18-10(11(16)17-12(18)19)6-4-7(13)9(15)8(14)5-6/h1,4-5,10H,3H2,(H2,16,17,19). The molecule has 98 valence electrons. The zero-order chi connectivity index (χ0) is 14.2. The van der Waals surface area contributed by atoms with Gasteiger partial charge in [-0.05, 0) is 17.7 Å². The van der Waals surface area contributed by atoms with Crippen molar-refractivity contribution >= 4 is 11.9 Å². The van der Waals surface area contributed by atoms with Crippen LogP contribution in [0.3, 0.4) is 0 Å². The highest BCUT2D eigenvalue weighted by atomic mass is 19.2. The van der Waals surface area contributed by atoms with Crippen molar-refractivity contribution in [2.45, 2.75) is 6.04 Å². The number of hydrogen-bond donors (Lipinski definition) is 1. The highest BCUT2D eigenvalue weighted by Gasteiger charge is 2.35. The maximum Gasteiger partial charge on any atom is 0.346 e. The molecule has 2 N–H and O–H groups in total. The van der Waals surface area contributed by atoms with Gasteiger partial charge in [0.05, 0.1) is 6.54 Å². The number of carbonyl (C=O) groups excluding carboxylic acids is 1. The first-order valence-electron chi connectivity index (χ1n) is 5.18. The second-order valence-corrected chi connectivity index (χ2v) is 3.85. The van der Waals surface area contributed by atoms with Crippen molar-refractivity contribution in [2.75, 3.05) is 6.54 Å². The molecule has 2 rings (SSSR count). The predicted octanol–water partition coefficient (Wildman–Crippen LogP) is 1.57. The van der Waals surface area contributed by atoms with Crippen LogP contribution in [-0.4, -0.2) is 23.3 Å². The molecule has 1 unspecified atom stereocenters. The Bertz CT molecular complexity index is 598. The Morgan fingerprint density at radius 1 is 1.37 bits per heavy atom. The summed E-state index contributed by atoms with van der Waals surface area (Å²) in [6, 6.07) is -0.181. The Morgan fingerprint density at radius 2 is 1.95 bits per heavy atom. The first kappa shape index (κ1) is 13.0. The van der Waals surface area contributed by atoms with E-state index in [1.807, 2.05) is 0 Å².